The molecule has 0 radical (unpaired) electrons. The van der Waals surface area contributed by atoms with E-state index < -0.39 is 0 Å². The number of hydrogen-bond donors (Lipinski definition) is 0. The largest absolute Gasteiger partial charge is 0.267 e. The van der Waals surface area contributed by atoms with Crippen LogP contribution in [0.15, 0.2) is 92.0 Å². The minimum Gasteiger partial charge on any atom is -0.267 e. The molecule has 0 unspecified atom stereocenters. The Balaban J connectivity index is 1.61. The highest BCUT2D eigenvalue weighted by Gasteiger charge is 2.19. The summed E-state index contributed by atoms with van der Waals surface area (Å²) in [6.07, 6.45) is 13.5. The van der Waals surface area contributed by atoms with E-state index in [0.717, 1.165) is 40.1 Å². The molecule has 0 spiro atoms. The van der Waals surface area contributed by atoms with Crippen LogP contribution in [0.1, 0.15) is 22.6 Å². The van der Waals surface area contributed by atoms with Gasteiger partial charge in [0.2, 0.25) is 0 Å². The van der Waals surface area contributed by atoms with Gasteiger partial charge in [0.1, 0.15) is 17.7 Å². The molecule has 0 aliphatic heterocycles. The summed E-state index contributed by atoms with van der Waals surface area (Å²) in [5, 5.41) is 0. The van der Waals surface area contributed by atoms with Crippen molar-refractivity contribution in [1.82, 2.24) is 29.5 Å². The summed E-state index contributed by atoms with van der Waals surface area (Å²) >= 11 is 0. The van der Waals surface area contributed by atoms with Crippen molar-refractivity contribution in [3.63, 3.8) is 0 Å². The first-order valence-corrected chi connectivity index (χ1v) is 9.42. The lowest BCUT2D eigenvalue weighted by molar-refractivity contribution is 0.781. The molecule has 5 aromatic heterocycles. The predicted octanol–water partition coefficient (Wildman–Crippen LogP) is 3.98. The van der Waals surface area contributed by atoms with E-state index in [1.54, 1.807) is 31.1 Å². The molecule has 5 rings (SSSR count). The van der Waals surface area contributed by atoms with Gasteiger partial charge in [0, 0.05) is 43.1 Å². The fraction of sp³-hybridized carbons (Fsp3) is 0.0870. The van der Waals surface area contributed by atoms with Gasteiger partial charge in [-0.15, -0.1) is 0 Å². The Labute approximate surface area is 168 Å². The number of hydrogen-bond acceptors (Lipinski definition) is 5. The maximum Gasteiger partial charge on any atom is 0.165 e. The molecule has 0 saturated heterocycles. The molecular weight excluding hydrogens is 360 g/mol. The van der Waals surface area contributed by atoms with Crippen LogP contribution in [-0.4, -0.2) is 29.5 Å². The molecular formula is C23H18N6. The molecule has 0 N–H and O–H groups in total. The van der Waals surface area contributed by atoms with Crippen molar-refractivity contribution in [2.45, 2.75) is 12.3 Å². The summed E-state index contributed by atoms with van der Waals surface area (Å²) in [7, 11) is 0. The topological polar surface area (TPSA) is 69.4 Å². The quantitative estimate of drug-likeness (QED) is 0.463. The van der Waals surface area contributed by atoms with Crippen LogP contribution in [0.4, 0.5) is 0 Å². The van der Waals surface area contributed by atoms with Crippen LogP contribution in [0, 0.1) is 0 Å². The lowest BCUT2D eigenvalue weighted by Gasteiger charge is -2.19. The zero-order valence-corrected chi connectivity index (χ0v) is 15.6. The van der Waals surface area contributed by atoms with Crippen molar-refractivity contribution in [3.8, 4) is 5.82 Å². The maximum atomic E-state index is 4.66. The fourth-order valence-corrected chi connectivity index (χ4v) is 3.62. The van der Waals surface area contributed by atoms with Crippen molar-refractivity contribution < 1.29 is 0 Å². The first-order valence-electron chi connectivity index (χ1n) is 9.42. The molecule has 6 heteroatoms. The van der Waals surface area contributed by atoms with Gasteiger partial charge in [-0.2, -0.15) is 0 Å². The van der Waals surface area contributed by atoms with Crippen LogP contribution in [0.25, 0.3) is 17.0 Å². The minimum absolute atomic E-state index is 0.114. The van der Waals surface area contributed by atoms with Gasteiger partial charge < -0.3 is 0 Å². The third-order valence-electron chi connectivity index (χ3n) is 5.00. The van der Waals surface area contributed by atoms with E-state index in [9.17, 15) is 0 Å². The van der Waals surface area contributed by atoms with Crippen molar-refractivity contribution >= 4 is 11.2 Å². The maximum absolute atomic E-state index is 4.66. The van der Waals surface area contributed by atoms with E-state index in [2.05, 4.69) is 43.1 Å². The van der Waals surface area contributed by atoms with Gasteiger partial charge in [-0.3, -0.25) is 14.5 Å². The van der Waals surface area contributed by atoms with Crippen molar-refractivity contribution in [1.29, 1.82) is 0 Å². The molecule has 6 nitrogen and oxygen atoms in total. The van der Waals surface area contributed by atoms with Crippen molar-refractivity contribution in [3.05, 3.63) is 109 Å². The Morgan fingerprint density at radius 1 is 0.724 bits per heavy atom. The molecule has 0 amide bonds. The number of rotatable bonds is 5. The molecule has 0 aliphatic carbocycles. The van der Waals surface area contributed by atoms with Crippen LogP contribution in [0.5, 0.6) is 0 Å². The number of imidazole rings is 1. The summed E-state index contributed by atoms with van der Waals surface area (Å²) in [4.78, 5) is 22.3. The Kier molecular flexibility index (Phi) is 4.50. The molecule has 140 valence electrons. The summed E-state index contributed by atoms with van der Waals surface area (Å²) in [6, 6.07) is 16.1. The second kappa shape index (κ2) is 7.59. The van der Waals surface area contributed by atoms with Crippen LogP contribution >= 0.6 is 0 Å². The van der Waals surface area contributed by atoms with Gasteiger partial charge in [-0.1, -0.05) is 18.2 Å². The third kappa shape index (κ3) is 3.36. The number of pyridine rings is 4. The highest BCUT2D eigenvalue weighted by molar-refractivity contribution is 5.72. The molecule has 0 atom stereocenters. The monoisotopic (exact) mass is 378 g/mol. The van der Waals surface area contributed by atoms with E-state index >= 15 is 0 Å². The summed E-state index contributed by atoms with van der Waals surface area (Å²) in [5.74, 6) is 0.953. The van der Waals surface area contributed by atoms with E-state index in [-0.39, 0.29) is 5.92 Å². The summed E-state index contributed by atoms with van der Waals surface area (Å²) in [6.45, 7) is 0. The summed E-state index contributed by atoms with van der Waals surface area (Å²) in [5.41, 5.74) is 5.04. The fourth-order valence-electron chi connectivity index (χ4n) is 3.62. The van der Waals surface area contributed by atoms with Crippen molar-refractivity contribution in [2.24, 2.45) is 0 Å². The highest BCUT2D eigenvalue weighted by atomic mass is 15.1. The van der Waals surface area contributed by atoms with Gasteiger partial charge in [0.05, 0.1) is 0 Å². The standard InChI is InChI=1S/C23H18N6/c1-6-18(14-24-9-1)20(19-7-2-10-25-15-19)13-17-5-3-11-26-22(17)29-16-28-21-8-4-12-27-23(21)29/h1-12,14-16,20H,13H2. The van der Waals surface area contributed by atoms with Gasteiger partial charge in [-0.05, 0) is 53.4 Å². The number of fused-ring (bicyclic) bond motifs is 1. The zero-order valence-electron chi connectivity index (χ0n) is 15.6. The molecule has 29 heavy (non-hydrogen) atoms. The first-order chi connectivity index (χ1) is 14.4. The van der Waals surface area contributed by atoms with E-state index in [4.69, 9.17) is 0 Å². The summed E-state index contributed by atoms with van der Waals surface area (Å²) < 4.78 is 1.95. The third-order valence-corrected chi connectivity index (χ3v) is 5.00. The smallest absolute Gasteiger partial charge is 0.165 e. The van der Waals surface area contributed by atoms with Crippen molar-refractivity contribution in [2.75, 3.05) is 0 Å². The molecule has 0 saturated carbocycles. The Bertz CT molecular complexity index is 1190. The van der Waals surface area contributed by atoms with E-state index in [1.807, 2.05) is 47.3 Å². The molecule has 5 aromatic rings. The Morgan fingerprint density at radius 2 is 1.41 bits per heavy atom. The Hall–Kier alpha value is -3.93. The first kappa shape index (κ1) is 17.2. The van der Waals surface area contributed by atoms with E-state index in [0.29, 0.717) is 0 Å². The minimum atomic E-state index is 0.114. The lowest BCUT2D eigenvalue weighted by atomic mass is 9.87. The molecule has 0 fully saturated rings. The molecule has 0 aromatic carbocycles. The van der Waals surface area contributed by atoms with Gasteiger partial charge in [0.25, 0.3) is 0 Å². The average molecular weight is 378 g/mol. The zero-order chi connectivity index (χ0) is 19.5. The normalized spacial score (nSPS) is 11.2. The van der Waals surface area contributed by atoms with Crippen LogP contribution in [-0.2, 0) is 6.42 Å². The molecule has 0 aliphatic rings. The SMILES string of the molecule is c1cncc(C(Cc2cccnc2-n2cnc3cccnc32)c2cccnc2)c1. The van der Waals surface area contributed by atoms with Crippen LogP contribution < -0.4 is 0 Å². The second-order valence-electron chi connectivity index (χ2n) is 6.78. The lowest BCUT2D eigenvalue weighted by Crippen LogP contribution is -2.10. The molecule has 5 heterocycles. The van der Waals surface area contributed by atoms with E-state index in [1.165, 1.54) is 0 Å². The van der Waals surface area contributed by atoms with Crippen LogP contribution in [0.3, 0.4) is 0 Å². The number of nitrogens with zero attached hydrogens (tertiary/aromatic N) is 6. The Morgan fingerprint density at radius 3 is 2.14 bits per heavy atom. The second-order valence-corrected chi connectivity index (χ2v) is 6.78. The average Bonchev–Trinajstić information content (AvgIpc) is 3.23. The van der Waals surface area contributed by atoms with Gasteiger partial charge >= 0.3 is 0 Å². The van der Waals surface area contributed by atoms with Gasteiger partial charge in [0.15, 0.2) is 5.65 Å². The van der Waals surface area contributed by atoms with Gasteiger partial charge in [-0.25, -0.2) is 15.0 Å². The number of aromatic nitrogens is 6. The highest BCUT2D eigenvalue weighted by Crippen LogP contribution is 2.29. The predicted molar refractivity (Wildman–Crippen MR) is 111 cm³/mol. The van der Waals surface area contributed by atoms with Crippen LogP contribution in [0.2, 0.25) is 0 Å². The molecule has 0 bridgehead atoms.